The van der Waals surface area contributed by atoms with Gasteiger partial charge in [-0.3, -0.25) is 0 Å². The molecule has 0 radical (unpaired) electrons. The van der Waals surface area contributed by atoms with E-state index in [1.165, 1.54) is 10.4 Å². The van der Waals surface area contributed by atoms with Gasteiger partial charge in [-0.25, -0.2) is 8.78 Å². The lowest BCUT2D eigenvalue weighted by molar-refractivity contribution is -0.0585. The molecule has 0 aromatic heterocycles. The lowest BCUT2D eigenvalue weighted by Gasteiger charge is -2.45. The lowest BCUT2D eigenvalue weighted by Crippen LogP contribution is -2.68. The van der Waals surface area contributed by atoms with E-state index in [0.29, 0.717) is 19.8 Å². The Balaban J connectivity index is 1.96. The van der Waals surface area contributed by atoms with Crippen LogP contribution in [0.25, 0.3) is 0 Å². The van der Waals surface area contributed by atoms with Crippen molar-refractivity contribution in [3.05, 3.63) is 60.7 Å². The lowest BCUT2D eigenvalue weighted by atomic mass is 9.99. The van der Waals surface area contributed by atoms with Gasteiger partial charge in [0.1, 0.15) is 0 Å². The summed E-state index contributed by atoms with van der Waals surface area (Å²) in [5.74, 6) is 0.201. The SMILES string of the molecule is CC(C)(C)[Si](OCC(NCC(F)F)C1COC1)(c1ccccc1)c1ccccc1. The largest absolute Gasteiger partial charge is 0.406 e. The van der Waals surface area contributed by atoms with Crippen LogP contribution >= 0.6 is 0 Å². The summed E-state index contributed by atoms with van der Waals surface area (Å²) in [6, 6.07) is 20.6. The first kappa shape index (κ1) is 22.1. The Morgan fingerprint density at radius 1 is 1.00 bits per heavy atom. The monoisotopic (exact) mass is 419 g/mol. The van der Waals surface area contributed by atoms with Crippen LogP contribution in [0.15, 0.2) is 60.7 Å². The van der Waals surface area contributed by atoms with Gasteiger partial charge in [-0.1, -0.05) is 81.4 Å². The molecule has 3 rings (SSSR count). The summed E-state index contributed by atoms with van der Waals surface area (Å²) in [7, 11) is -2.67. The molecule has 6 heteroatoms. The van der Waals surface area contributed by atoms with Crippen LogP contribution in [0.3, 0.4) is 0 Å². The molecule has 0 bridgehead atoms. The van der Waals surface area contributed by atoms with Crippen LogP contribution in [-0.2, 0) is 9.16 Å². The number of rotatable bonds is 9. The first-order valence-electron chi connectivity index (χ1n) is 10.2. The highest BCUT2D eigenvalue weighted by Gasteiger charge is 2.50. The molecule has 1 fully saturated rings. The van der Waals surface area contributed by atoms with Gasteiger partial charge >= 0.3 is 0 Å². The van der Waals surface area contributed by atoms with Gasteiger partial charge in [0.2, 0.25) is 0 Å². The van der Waals surface area contributed by atoms with Crippen LogP contribution in [0.2, 0.25) is 5.04 Å². The molecule has 1 atom stereocenters. The summed E-state index contributed by atoms with van der Waals surface area (Å²) < 4.78 is 37.9. The van der Waals surface area contributed by atoms with Crippen molar-refractivity contribution in [3.63, 3.8) is 0 Å². The van der Waals surface area contributed by atoms with Crippen LogP contribution in [0.4, 0.5) is 8.78 Å². The molecule has 158 valence electrons. The van der Waals surface area contributed by atoms with Crippen LogP contribution < -0.4 is 15.7 Å². The van der Waals surface area contributed by atoms with Crippen molar-refractivity contribution in [3.8, 4) is 0 Å². The number of halogens is 2. The molecule has 1 unspecified atom stereocenters. The van der Waals surface area contributed by atoms with E-state index in [2.05, 4.69) is 50.4 Å². The molecule has 29 heavy (non-hydrogen) atoms. The minimum absolute atomic E-state index is 0.140. The van der Waals surface area contributed by atoms with Crippen molar-refractivity contribution >= 4 is 18.7 Å². The Labute approximate surface area is 173 Å². The van der Waals surface area contributed by atoms with Gasteiger partial charge in [0.15, 0.2) is 0 Å². The molecule has 1 saturated heterocycles. The second-order valence-corrected chi connectivity index (χ2v) is 13.0. The van der Waals surface area contributed by atoms with Crippen molar-refractivity contribution in [2.24, 2.45) is 5.92 Å². The summed E-state index contributed by atoms with van der Waals surface area (Å²) in [5.41, 5.74) is 0. The number of ether oxygens (including phenoxy) is 1. The maximum atomic E-state index is 12.8. The van der Waals surface area contributed by atoms with E-state index in [0.717, 1.165) is 0 Å². The predicted octanol–water partition coefficient (Wildman–Crippen LogP) is 3.43. The number of nitrogens with one attached hydrogen (secondary N) is 1. The fourth-order valence-electron chi connectivity index (χ4n) is 4.06. The van der Waals surface area contributed by atoms with E-state index >= 15 is 0 Å². The highest BCUT2D eigenvalue weighted by molar-refractivity contribution is 6.99. The molecule has 1 heterocycles. The Bertz CT molecular complexity index is 709. The second-order valence-electron chi connectivity index (χ2n) is 8.68. The van der Waals surface area contributed by atoms with E-state index in [-0.39, 0.29) is 23.5 Å². The van der Waals surface area contributed by atoms with Crippen molar-refractivity contribution in [2.45, 2.75) is 38.3 Å². The molecule has 2 aromatic carbocycles. The van der Waals surface area contributed by atoms with E-state index in [1.54, 1.807) is 0 Å². The van der Waals surface area contributed by atoms with Crippen molar-refractivity contribution in [1.29, 1.82) is 0 Å². The van der Waals surface area contributed by atoms with E-state index < -0.39 is 14.7 Å². The number of hydrogen-bond donors (Lipinski definition) is 1. The second kappa shape index (κ2) is 9.47. The van der Waals surface area contributed by atoms with Gasteiger partial charge in [-0.15, -0.1) is 0 Å². The van der Waals surface area contributed by atoms with Crippen molar-refractivity contribution in [1.82, 2.24) is 5.32 Å². The summed E-state index contributed by atoms with van der Waals surface area (Å²) in [4.78, 5) is 0. The Morgan fingerprint density at radius 2 is 1.52 bits per heavy atom. The minimum Gasteiger partial charge on any atom is -0.406 e. The fourth-order valence-corrected chi connectivity index (χ4v) is 8.65. The molecule has 0 saturated carbocycles. The van der Waals surface area contributed by atoms with Crippen molar-refractivity contribution < 1.29 is 17.9 Å². The molecule has 0 spiro atoms. The standard InChI is InChI=1S/C23H31F2NO2Si/c1-23(2,3)29(19-10-6-4-7-11-19,20-12-8-5-9-13-20)28-17-21(18-15-27-16-18)26-14-22(24)25/h4-13,18,21-22,26H,14-17H2,1-3H3. The van der Waals surface area contributed by atoms with E-state index in [9.17, 15) is 8.78 Å². The zero-order valence-corrected chi connectivity index (χ0v) is 18.4. The van der Waals surface area contributed by atoms with Gasteiger partial charge < -0.3 is 14.5 Å². The molecule has 2 aromatic rings. The molecular weight excluding hydrogens is 388 g/mol. The molecule has 0 aliphatic carbocycles. The molecule has 0 amide bonds. The molecule has 1 aliphatic rings. The van der Waals surface area contributed by atoms with Crippen molar-refractivity contribution in [2.75, 3.05) is 26.4 Å². The quantitative estimate of drug-likeness (QED) is 0.632. The first-order valence-corrected chi connectivity index (χ1v) is 12.1. The zero-order valence-electron chi connectivity index (χ0n) is 17.4. The predicted molar refractivity (Wildman–Crippen MR) is 116 cm³/mol. The highest BCUT2D eigenvalue weighted by Crippen LogP contribution is 2.37. The third-order valence-corrected chi connectivity index (χ3v) is 10.7. The summed E-state index contributed by atoms with van der Waals surface area (Å²) in [6.45, 7) is 7.88. The van der Waals surface area contributed by atoms with Crippen LogP contribution in [0.5, 0.6) is 0 Å². The molecule has 1 aliphatic heterocycles. The van der Waals surface area contributed by atoms with Gasteiger partial charge in [-0.2, -0.15) is 0 Å². The molecule has 3 nitrogen and oxygen atoms in total. The Hall–Kier alpha value is -1.60. The zero-order chi connectivity index (χ0) is 20.9. The van der Waals surface area contributed by atoms with Gasteiger partial charge in [-0.05, 0) is 15.4 Å². The summed E-state index contributed by atoms with van der Waals surface area (Å²) >= 11 is 0. The average molecular weight is 420 g/mol. The van der Waals surface area contributed by atoms with Crippen LogP contribution in [0, 0.1) is 5.92 Å². The smallest absolute Gasteiger partial charge is 0.261 e. The van der Waals surface area contributed by atoms with Gasteiger partial charge in [0.05, 0.1) is 26.4 Å². The first-order chi connectivity index (χ1) is 13.8. The number of benzene rings is 2. The van der Waals surface area contributed by atoms with Gasteiger partial charge in [0.25, 0.3) is 14.7 Å². The van der Waals surface area contributed by atoms with E-state index in [1.807, 2.05) is 36.4 Å². The summed E-state index contributed by atoms with van der Waals surface area (Å²) in [5, 5.41) is 5.26. The normalized spacial score (nSPS) is 16.6. The maximum Gasteiger partial charge on any atom is 0.261 e. The molecule has 1 N–H and O–H groups in total. The summed E-state index contributed by atoms with van der Waals surface area (Å²) in [6.07, 6.45) is -2.38. The fraction of sp³-hybridized carbons (Fsp3) is 0.478. The number of hydrogen-bond acceptors (Lipinski definition) is 3. The van der Waals surface area contributed by atoms with E-state index in [4.69, 9.17) is 9.16 Å². The third-order valence-electron chi connectivity index (χ3n) is 5.66. The van der Waals surface area contributed by atoms with Gasteiger partial charge in [0, 0.05) is 12.0 Å². The van der Waals surface area contributed by atoms with Crippen LogP contribution in [0.1, 0.15) is 20.8 Å². The molecular formula is C23H31F2NO2Si. The third kappa shape index (κ3) is 4.94. The Morgan fingerprint density at radius 3 is 1.90 bits per heavy atom. The Kier molecular flexibility index (Phi) is 7.22. The van der Waals surface area contributed by atoms with Crippen LogP contribution in [-0.4, -0.2) is 47.2 Å². The minimum atomic E-state index is -2.67. The highest BCUT2D eigenvalue weighted by atomic mass is 28.4. The maximum absolute atomic E-state index is 12.8. The average Bonchev–Trinajstić information content (AvgIpc) is 2.65. The number of alkyl halides is 2. The topological polar surface area (TPSA) is 30.5 Å².